The Bertz CT molecular complexity index is 1090. The Labute approximate surface area is 188 Å². The predicted molar refractivity (Wildman–Crippen MR) is 122 cm³/mol. The second kappa shape index (κ2) is 9.58. The van der Waals surface area contributed by atoms with Crippen LogP contribution in [0.15, 0.2) is 46.7 Å². The summed E-state index contributed by atoms with van der Waals surface area (Å²) in [7, 11) is -1.23. The zero-order chi connectivity index (χ0) is 21.8. The van der Waals surface area contributed by atoms with Crippen molar-refractivity contribution in [1.29, 1.82) is 5.26 Å². The first-order valence-corrected chi connectivity index (χ1v) is 11.7. The largest absolute Gasteiger partial charge is 0.486 e. The second-order valence-corrected chi connectivity index (χ2v) is 9.06. The number of hydrogen-bond acceptors (Lipinski definition) is 7. The van der Waals surface area contributed by atoms with Gasteiger partial charge in [-0.05, 0) is 43.0 Å². The highest BCUT2D eigenvalue weighted by molar-refractivity contribution is 8.03. The third-order valence-corrected chi connectivity index (χ3v) is 6.98. The Balaban J connectivity index is 1.34. The van der Waals surface area contributed by atoms with E-state index in [4.69, 9.17) is 21.6 Å². The molecule has 1 atom stereocenters. The molecular weight excluding hydrogens is 434 g/mol. The third kappa shape index (κ3) is 4.94. The lowest BCUT2D eigenvalue weighted by atomic mass is 9.98. The van der Waals surface area contributed by atoms with Gasteiger partial charge in [-0.25, -0.2) is 19.2 Å². The Morgan fingerprint density at radius 3 is 2.68 bits per heavy atom. The average molecular weight is 456 g/mol. The molecule has 0 amide bonds. The lowest BCUT2D eigenvalue weighted by Crippen LogP contribution is -2.37. The number of nitriles is 1. The average Bonchev–Trinajstić information content (AvgIpc) is 3.18. The molecule has 2 aromatic rings. The third-order valence-electron chi connectivity index (χ3n) is 5.37. The first-order valence-electron chi connectivity index (χ1n) is 10.2. The minimum absolute atomic E-state index is 0.166. The van der Waals surface area contributed by atoms with Gasteiger partial charge in [-0.15, -0.1) is 0 Å². The SMILES string of the molecule is CCc1cnc(N2CCC(C3=NC(COc4ccc(C#N)cc4Cl)=CS3=O)CC2)nc1. The second-order valence-electron chi connectivity index (χ2n) is 7.41. The summed E-state index contributed by atoms with van der Waals surface area (Å²) >= 11 is 6.15. The Hall–Kier alpha value is -2.76. The summed E-state index contributed by atoms with van der Waals surface area (Å²) in [6, 6.07) is 6.89. The molecule has 3 heterocycles. The number of benzene rings is 1. The number of aromatic nitrogens is 2. The van der Waals surface area contributed by atoms with Gasteiger partial charge in [0.2, 0.25) is 5.95 Å². The summed E-state index contributed by atoms with van der Waals surface area (Å²) in [6.07, 6.45) is 6.38. The Kier molecular flexibility index (Phi) is 6.64. The molecule has 7 nitrogen and oxygen atoms in total. The number of ether oxygens (including phenoxy) is 1. The number of anilines is 1. The van der Waals surface area contributed by atoms with E-state index in [0.717, 1.165) is 43.9 Å². The van der Waals surface area contributed by atoms with Crippen LogP contribution in [-0.4, -0.2) is 38.9 Å². The van der Waals surface area contributed by atoms with Crippen LogP contribution in [0.25, 0.3) is 0 Å². The van der Waals surface area contributed by atoms with Gasteiger partial charge in [0.25, 0.3) is 0 Å². The molecule has 0 aliphatic carbocycles. The zero-order valence-corrected chi connectivity index (χ0v) is 18.7. The molecule has 1 unspecified atom stereocenters. The molecule has 1 saturated heterocycles. The maximum absolute atomic E-state index is 12.6. The van der Waals surface area contributed by atoms with E-state index in [0.29, 0.717) is 27.1 Å². The van der Waals surface area contributed by atoms with Crippen molar-refractivity contribution >= 4 is 33.4 Å². The topological polar surface area (TPSA) is 91.5 Å². The normalized spacial score (nSPS) is 19.0. The smallest absolute Gasteiger partial charge is 0.225 e. The Morgan fingerprint density at radius 2 is 2.03 bits per heavy atom. The van der Waals surface area contributed by atoms with Crippen LogP contribution in [0.2, 0.25) is 5.02 Å². The molecule has 0 radical (unpaired) electrons. The molecule has 0 N–H and O–H groups in total. The Morgan fingerprint density at radius 1 is 1.29 bits per heavy atom. The summed E-state index contributed by atoms with van der Waals surface area (Å²) in [4.78, 5) is 15.7. The van der Waals surface area contributed by atoms with E-state index in [1.54, 1.807) is 23.6 Å². The van der Waals surface area contributed by atoms with Crippen molar-refractivity contribution in [2.45, 2.75) is 26.2 Å². The van der Waals surface area contributed by atoms with E-state index in [2.05, 4.69) is 26.8 Å². The van der Waals surface area contributed by atoms with E-state index in [-0.39, 0.29) is 12.5 Å². The van der Waals surface area contributed by atoms with Crippen LogP contribution in [0.4, 0.5) is 5.95 Å². The van der Waals surface area contributed by atoms with Gasteiger partial charge in [-0.1, -0.05) is 18.5 Å². The molecule has 160 valence electrons. The molecule has 31 heavy (non-hydrogen) atoms. The van der Waals surface area contributed by atoms with Crippen LogP contribution in [0.5, 0.6) is 5.75 Å². The zero-order valence-electron chi connectivity index (χ0n) is 17.1. The minimum atomic E-state index is -1.23. The lowest BCUT2D eigenvalue weighted by molar-refractivity contribution is 0.351. The van der Waals surface area contributed by atoms with Gasteiger partial charge in [0.15, 0.2) is 0 Å². The molecule has 1 aromatic carbocycles. The molecule has 1 aromatic heterocycles. The van der Waals surface area contributed by atoms with Crippen LogP contribution >= 0.6 is 11.6 Å². The van der Waals surface area contributed by atoms with E-state index in [1.165, 1.54) is 0 Å². The molecule has 1 fully saturated rings. The van der Waals surface area contributed by atoms with Gasteiger partial charge in [-0.3, -0.25) is 0 Å². The van der Waals surface area contributed by atoms with Crippen molar-refractivity contribution in [2.24, 2.45) is 10.9 Å². The fourth-order valence-electron chi connectivity index (χ4n) is 3.58. The summed E-state index contributed by atoms with van der Waals surface area (Å²) in [5.41, 5.74) is 2.23. The lowest BCUT2D eigenvalue weighted by Gasteiger charge is -2.31. The molecule has 0 spiro atoms. The van der Waals surface area contributed by atoms with Crippen LogP contribution in [-0.2, 0) is 17.2 Å². The number of halogens is 1. The highest BCUT2D eigenvalue weighted by atomic mass is 35.5. The predicted octanol–water partition coefficient (Wildman–Crippen LogP) is 3.86. The van der Waals surface area contributed by atoms with Crippen molar-refractivity contribution in [2.75, 3.05) is 24.6 Å². The van der Waals surface area contributed by atoms with E-state index in [9.17, 15) is 4.21 Å². The van der Waals surface area contributed by atoms with Gasteiger partial charge < -0.3 is 9.64 Å². The van der Waals surface area contributed by atoms with E-state index >= 15 is 0 Å². The first kappa shape index (κ1) is 21.5. The van der Waals surface area contributed by atoms with Crippen LogP contribution in [0, 0.1) is 17.2 Å². The summed E-state index contributed by atoms with van der Waals surface area (Å²) in [6.45, 7) is 3.87. The maximum atomic E-state index is 12.6. The highest BCUT2D eigenvalue weighted by Gasteiger charge is 2.30. The molecule has 4 rings (SSSR count). The van der Waals surface area contributed by atoms with Gasteiger partial charge in [-0.2, -0.15) is 5.26 Å². The van der Waals surface area contributed by atoms with Crippen molar-refractivity contribution in [3.05, 3.63) is 57.8 Å². The van der Waals surface area contributed by atoms with Gasteiger partial charge in [0, 0.05) is 36.8 Å². The molecule has 0 saturated carbocycles. The molecular formula is C22H22ClN5O2S. The number of aryl methyl sites for hydroxylation is 1. The van der Waals surface area contributed by atoms with Gasteiger partial charge in [0.05, 0.1) is 33.2 Å². The summed E-state index contributed by atoms with van der Waals surface area (Å²) < 4.78 is 18.3. The number of nitrogens with zero attached hydrogens (tertiary/aromatic N) is 5. The van der Waals surface area contributed by atoms with Crippen LogP contribution in [0.1, 0.15) is 30.9 Å². The van der Waals surface area contributed by atoms with Crippen molar-refractivity contribution < 1.29 is 8.95 Å². The van der Waals surface area contributed by atoms with E-state index in [1.807, 2.05) is 18.5 Å². The maximum Gasteiger partial charge on any atom is 0.225 e. The fourth-order valence-corrected chi connectivity index (χ4v) is 5.07. The molecule has 9 heteroatoms. The first-order chi connectivity index (χ1) is 15.1. The number of hydrogen-bond donors (Lipinski definition) is 0. The van der Waals surface area contributed by atoms with Crippen LogP contribution < -0.4 is 9.64 Å². The molecule has 2 aliphatic heterocycles. The summed E-state index contributed by atoms with van der Waals surface area (Å²) in [5, 5.41) is 11.6. The van der Waals surface area contributed by atoms with Crippen molar-refractivity contribution in [3.8, 4) is 11.8 Å². The quantitative estimate of drug-likeness (QED) is 0.656. The van der Waals surface area contributed by atoms with Crippen molar-refractivity contribution in [3.63, 3.8) is 0 Å². The monoisotopic (exact) mass is 455 g/mol. The minimum Gasteiger partial charge on any atom is -0.486 e. The number of aliphatic imine (C=N–C) groups is 1. The summed E-state index contributed by atoms with van der Waals surface area (Å²) in [5.74, 6) is 1.38. The van der Waals surface area contributed by atoms with Crippen molar-refractivity contribution in [1.82, 2.24) is 9.97 Å². The highest BCUT2D eigenvalue weighted by Crippen LogP contribution is 2.29. The standard InChI is InChI=1S/C22H22ClN5O2S/c1-2-15-11-25-22(26-12-15)28-7-5-17(6-8-28)21-27-18(14-31(21)29)13-30-20-4-3-16(10-24)9-19(20)23/h3-4,9,11-12,14,17H,2,5-8,13H2,1H3. The van der Waals surface area contributed by atoms with Gasteiger partial charge >= 0.3 is 0 Å². The fraction of sp³-hybridized carbons (Fsp3) is 0.364. The number of rotatable bonds is 6. The molecule has 2 aliphatic rings. The molecule has 0 bridgehead atoms. The van der Waals surface area contributed by atoms with E-state index < -0.39 is 10.8 Å². The van der Waals surface area contributed by atoms with Crippen LogP contribution in [0.3, 0.4) is 0 Å². The number of piperidine rings is 1. The van der Waals surface area contributed by atoms with Gasteiger partial charge in [0.1, 0.15) is 17.4 Å².